The Balaban J connectivity index is 1.81. The third-order valence-corrected chi connectivity index (χ3v) is 5.19. The van der Waals surface area contributed by atoms with Crippen molar-refractivity contribution in [1.82, 2.24) is 0 Å². The van der Waals surface area contributed by atoms with Crippen molar-refractivity contribution in [3.05, 3.63) is 29.3 Å². The summed E-state index contributed by atoms with van der Waals surface area (Å²) in [5.41, 5.74) is 10.0. The van der Waals surface area contributed by atoms with Crippen LogP contribution in [0.2, 0.25) is 0 Å². The van der Waals surface area contributed by atoms with Crippen LogP contribution in [0.25, 0.3) is 0 Å². The van der Waals surface area contributed by atoms with Gasteiger partial charge in [-0.25, -0.2) is 0 Å². The summed E-state index contributed by atoms with van der Waals surface area (Å²) in [6.07, 6.45) is 6.66. The maximum absolute atomic E-state index is 5.74. The second-order valence-electron chi connectivity index (χ2n) is 6.48. The topological polar surface area (TPSA) is 29.3 Å². The van der Waals surface area contributed by atoms with Gasteiger partial charge in [0.05, 0.1) is 0 Å². The smallest absolute Gasteiger partial charge is 0.0374 e. The van der Waals surface area contributed by atoms with Gasteiger partial charge in [0.25, 0.3) is 0 Å². The largest absolute Gasteiger partial charge is 0.366 e. The molecule has 0 radical (unpaired) electrons. The van der Waals surface area contributed by atoms with E-state index >= 15 is 0 Å². The highest BCUT2D eigenvalue weighted by Crippen LogP contribution is 2.42. The van der Waals surface area contributed by atoms with Gasteiger partial charge in [-0.3, -0.25) is 0 Å². The predicted molar refractivity (Wildman–Crippen MR) is 81.6 cm³/mol. The molecule has 2 fully saturated rings. The monoisotopic (exact) mass is 258 g/mol. The lowest BCUT2D eigenvalue weighted by molar-refractivity contribution is 0.326. The third-order valence-electron chi connectivity index (χ3n) is 5.19. The number of hydrogen-bond donors (Lipinski definition) is 1. The number of nitrogens with zero attached hydrogens (tertiary/aromatic N) is 1. The Hall–Kier alpha value is -1.02. The number of benzene rings is 1. The Kier molecular flexibility index (Phi) is 3.53. The van der Waals surface area contributed by atoms with Gasteiger partial charge in [-0.1, -0.05) is 6.07 Å². The van der Waals surface area contributed by atoms with Gasteiger partial charge in [0.1, 0.15) is 0 Å². The molecule has 1 aromatic rings. The molecule has 2 heterocycles. The van der Waals surface area contributed by atoms with Crippen LogP contribution in [0.15, 0.2) is 18.2 Å². The Labute approximate surface area is 117 Å². The fraction of sp³-hybridized carbons (Fsp3) is 0.647. The van der Waals surface area contributed by atoms with Crippen LogP contribution in [0.4, 0.5) is 5.69 Å². The van der Waals surface area contributed by atoms with Crippen molar-refractivity contribution in [3.63, 3.8) is 0 Å². The highest BCUT2D eigenvalue weighted by molar-refractivity contribution is 5.53. The predicted octanol–water partition coefficient (Wildman–Crippen LogP) is 3.40. The number of fused-ring (bicyclic) bond motifs is 2. The average Bonchev–Trinajstić information content (AvgIpc) is 2.65. The molecule has 2 nitrogen and oxygen atoms in total. The van der Waals surface area contributed by atoms with E-state index in [4.69, 9.17) is 5.73 Å². The van der Waals surface area contributed by atoms with E-state index in [0.717, 1.165) is 24.5 Å². The molecule has 0 amide bonds. The molecule has 2 heteroatoms. The maximum atomic E-state index is 5.74. The fourth-order valence-electron chi connectivity index (χ4n) is 4.07. The van der Waals surface area contributed by atoms with Gasteiger partial charge in [-0.15, -0.1) is 0 Å². The molecule has 2 aliphatic heterocycles. The van der Waals surface area contributed by atoms with Gasteiger partial charge in [0.15, 0.2) is 0 Å². The molecule has 19 heavy (non-hydrogen) atoms. The van der Waals surface area contributed by atoms with E-state index in [1.807, 2.05) is 0 Å². The molecule has 0 aromatic heterocycles. The van der Waals surface area contributed by atoms with Gasteiger partial charge in [-0.05, 0) is 81.7 Å². The van der Waals surface area contributed by atoms with Crippen LogP contribution in [0.5, 0.6) is 0 Å². The van der Waals surface area contributed by atoms with Gasteiger partial charge in [-0.2, -0.15) is 0 Å². The van der Waals surface area contributed by atoms with Crippen molar-refractivity contribution in [2.75, 3.05) is 11.4 Å². The first-order valence-corrected chi connectivity index (χ1v) is 7.74. The van der Waals surface area contributed by atoms with Crippen molar-refractivity contribution >= 4 is 5.69 Å². The van der Waals surface area contributed by atoms with Crippen molar-refractivity contribution in [2.45, 2.75) is 58.0 Å². The fourth-order valence-corrected chi connectivity index (χ4v) is 4.07. The van der Waals surface area contributed by atoms with Crippen LogP contribution >= 0.6 is 0 Å². The first-order valence-electron chi connectivity index (χ1n) is 7.74. The van der Waals surface area contributed by atoms with E-state index in [1.54, 1.807) is 0 Å². The van der Waals surface area contributed by atoms with Crippen molar-refractivity contribution in [1.29, 1.82) is 0 Å². The van der Waals surface area contributed by atoms with Gasteiger partial charge in [0.2, 0.25) is 0 Å². The molecule has 2 bridgehead atoms. The van der Waals surface area contributed by atoms with Gasteiger partial charge < -0.3 is 10.6 Å². The van der Waals surface area contributed by atoms with Crippen LogP contribution in [0.3, 0.4) is 0 Å². The lowest BCUT2D eigenvalue weighted by Gasteiger charge is -2.41. The van der Waals surface area contributed by atoms with E-state index < -0.39 is 0 Å². The molecule has 0 spiro atoms. The summed E-state index contributed by atoms with van der Waals surface area (Å²) in [5.74, 6) is 0.866. The van der Waals surface area contributed by atoms with E-state index in [9.17, 15) is 0 Å². The molecule has 2 aliphatic rings. The van der Waals surface area contributed by atoms with E-state index in [0.29, 0.717) is 0 Å². The minimum atomic E-state index is 0.761. The molecule has 3 rings (SSSR count). The molecule has 104 valence electrons. The minimum Gasteiger partial charge on any atom is -0.366 e. The summed E-state index contributed by atoms with van der Waals surface area (Å²) in [4.78, 5) is 2.71. The lowest BCUT2D eigenvalue weighted by atomic mass is 9.87. The minimum absolute atomic E-state index is 0.761. The Morgan fingerprint density at radius 3 is 2.37 bits per heavy atom. The Morgan fingerprint density at radius 1 is 1.11 bits per heavy atom. The van der Waals surface area contributed by atoms with Crippen molar-refractivity contribution < 1.29 is 0 Å². The number of hydrogen-bond acceptors (Lipinski definition) is 2. The summed E-state index contributed by atoms with van der Waals surface area (Å²) in [6.45, 7) is 5.27. The van der Waals surface area contributed by atoms with Crippen LogP contribution in [-0.4, -0.2) is 18.6 Å². The van der Waals surface area contributed by atoms with Crippen molar-refractivity contribution in [2.24, 2.45) is 11.7 Å². The van der Waals surface area contributed by atoms with Crippen LogP contribution in [-0.2, 0) is 0 Å². The number of aryl methyl sites for hydroxylation is 2. The molecule has 1 aromatic carbocycles. The highest BCUT2D eigenvalue weighted by Gasteiger charge is 2.40. The Morgan fingerprint density at radius 2 is 1.79 bits per heavy atom. The van der Waals surface area contributed by atoms with Crippen LogP contribution < -0.4 is 10.6 Å². The van der Waals surface area contributed by atoms with E-state index in [2.05, 4.69) is 36.9 Å². The molecule has 2 atom stereocenters. The SMILES string of the molecule is Cc1ccc(N2C3CCC2CC(CCN)C3)cc1C. The van der Waals surface area contributed by atoms with E-state index in [-0.39, 0.29) is 0 Å². The zero-order valence-electron chi connectivity index (χ0n) is 12.2. The standard InChI is InChI=1S/C17H26N2/c1-12-3-4-15(9-13(12)2)19-16-5-6-17(19)11-14(10-16)7-8-18/h3-4,9,14,16-17H,5-8,10-11,18H2,1-2H3. The van der Waals surface area contributed by atoms with Gasteiger partial charge in [0, 0.05) is 17.8 Å². The lowest BCUT2D eigenvalue weighted by Crippen LogP contribution is -2.43. The third kappa shape index (κ3) is 2.38. The number of rotatable bonds is 3. The number of anilines is 1. The summed E-state index contributed by atoms with van der Waals surface area (Å²) in [6, 6.07) is 8.49. The quantitative estimate of drug-likeness (QED) is 0.900. The zero-order chi connectivity index (χ0) is 13.4. The van der Waals surface area contributed by atoms with E-state index in [1.165, 1.54) is 48.9 Å². The maximum Gasteiger partial charge on any atom is 0.0374 e. The molecule has 2 unspecified atom stereocenters. The summed E-state index contributed by atoms with van der Waals surface area (Å²) in [7, 11) is 0. The first kappa shape index (κ1) is 13.0. The van der Waals surface area contributed by atoms with Crippen LogP contribution in [0, 0.1) is 19.8 Å². The van der Waals surface area contributed by atoms with Crippen LogP contribution in [0.1, 0.15) is 43.2 Å². The highest BCUT2D eigenvalue weighted by atomic mass is 15.2. The molecular weight excluding hydrogens is 232 g/mol. The summed E-state index contributed by atoms with van der Waals surface area (Å²) < 4.78 is 0. The molecular formula is C17H26N2. The molecule has 0 saturated carbocycles. The molecule has 0 aliphatic carbocycles. The number of piperidine rings is 1. The Bertz CT molecular complexity index is 441. The summed E-state index contributed by atoms with van der Waals surface area (Å²) >= 11 is 0. The van der Waals surface area contributed by atoms with Crippen molar-refractivity contribution in [3.8, 4) is 0 Å². The number of nitrogens with two attached hydrogens (primary N) is 1. The zero-order valence-corrected chi connectivity index (χ0v) is 12.2. The normalized spacial score (nSPS) is 29.8. The first-order chi connectivity index (χ1) is 9.19. The second kappa shape index (κ2) is 5.16. The molecule has 2 saturated heterocycles. The van der Waals surface area contributed by atoms with Gasteiger partial charge >= 0.3 is 0 Å². The second-order valence-corrected chi connectivity index (χ2v) is 6.48. The summed E-state index contributed by atoms with van der Waals surface area (Å²) in [5, 5.41) is 0. The average molecular weight is 258 g/mol. The molecule has 2 N–H and O–H groups in total.